The molecule has 3 rings (SSSR count). The van der Waals surface area contributed by atoms with E-state index in [9.17, 15) is 14.4 Å². The molecular weight excluding hydrogens is 558 g/mol. The largest absolute Gasteiger partial charge is 0.490 e. The lowest BCUT2D eigenvalue weighted by Gasteiger charge is -2.15. The molecule has 0 bridgehead atoms. The Labute approximate surface area is 209 Å². The third-order valence-electron chi connectivity index (χ3n) is 4.38. The molecule has 0 saturated heterocycles. The van der Waals surface area contributed by atoms with Crippen LogP contribution in [0.5, 0.6) is 11.5 Å². The molecule has 33 heavy (non-hydrogen) atoms. The number of nitrogens with zero attached hydrogens (tertiary/aromatic N) is 1. The van der Waals surface area contributed by atoms with Crippen molar-refractivity contribution in [1.29, 1.82) is 5.26 Å². The number of carbonyl (C=O) groups excluding carboxylic acids is 1. The van der Waals surface area contributed by atoms with E-state index in [2.05, 4.69) is 27.9 Å². The van der Waals surface area contributed by atoms with E-state index in [1.54, 1.807) is 18.2 Å². The zero-order valence-corrected chi connectivity index (χ0v) is 20.5. The number of anilines is 1. The maximum Gasteiger partial charge on any atom is 0.266 e. The fraction of sp³-hybridized carbons (Fsp3) is 0.120. The Morgan fingerprint density at radius 3 is 2.61 bits per heavy atom. The van der Waals surface area contributed by atoms with Crippen LogP contribution in [0.25, 0.3) is 6.08 Å². The van der Waals surface area contributed by atoms with Gasteiger partial charge >= 0.3 is 0 Å². The summed E-state index contributed by atoms with van der Waals surface area (Å²) in [5.74, 6) is 0.0378. The number of carbonyl (C=O) groups is 1. The normalized spacial score (nSPS) is 10.9. The minimum atomic E-state index is -0.599. The van der Waals surface area contributed by atoms with E-state index < -0.39 is 11.7 Å². The van der Waals surface area contributed by atoms with Crippen LogP contribution in [-0.2, 0) is 11.4 Å². The molecule has 1 amide bonds. The van der Waals surface area contributed by atoms with Crippen molar-refractivity contribution < 1.29 is 18.7 Å². The Morgan fingerprint density at radius 1 is 1.18 bits per heavy atom. The molecule has 3 aromatic rings. The quantitative estimate of drug-likeness (QED) is 0.186. The van der Waals surface area contributed by atoms with E-state index in [1.807, 2.05) is 31.2 Å². The molecule has 8 heteroatoms. The Bertz CT molecular complexity index is 1220. The zero-order chi connectivity index (χ0) is 23.8. The Balaban J connectivity index is 1.84. The Kier molecular flexibility index (Phi) is 8.69. The number of hydrogen-bond acceptors (Lipinski definition) is 4. The highest BCUT2D eigenvalue weighted by Crippen LogP contribution is 2.35. The molecule has 0 aliphatic heterocycles. The lowest BCUT2D eigenvalue weighted by molar-refractivity contribution is -0.112. The van der Waals surface area contributed by atoms with E-state index in [1.165, 1.54) is 30.3 Å². The summed E-state index contributed by atoms with van der Waals surface area (Å²) in [5, 5.41) is 12.7. The first-order valence-corrected chi connectivity index (χ1v) is 11.4. The van der Waals surface area contributed by atoms with Crippen molar-refractivity contribution in [2.24, 2.45) is 0 Å². The van der Waals surface area contributed by atoms with E-state index >= 15 is 0 Å². The first-order valence-electron chi connectivity index (χ1n) is 9.92. The molecule has 0 fully saturated rings. The number of rotatable bonds is 8. The minimum absolute atomic E-state index is 0.106. The smallest absolute Gasteiger partial charge is 0.266 e. The number of nitriles is 1. The number of ether oxygens (including phenoxy) is 2. The summed E-state index contributed by atoms with van der Waals surface area (Å²) >= 11 is 8.16. The highest BCUT2D eigenvalue weighted by molar-refractivity contribution is 14.1. The Morgan fingerprint density at radius 2 is 1.94 bits per heavy atom. The standard InChI is InChI=1S/C25H19ClFIN2O3/c1-2-32-23-13-17(10-18(14-29)25(31)30-21-8-6-20(27)7-9-21)12-22(28)24(23)33-15-16-4-3-5-19(26)11-16/h3-13H,2,15H2,1H3,(H,30,31)/b18-10+. The summed E-state index contributed by atoms with van der Waals surface area (Å²) in [7, 11) is 0. The van der Waals surface area contributed by atoms with Crippen LogP contribution in [0.3, 0.4) is 0 Å². The summed E-state index contributed by atoms with van der Waals surface area (Å²) in [5.41, 5.74) is 1.79. The summed E-state index contributed by atoms with van der Waals surface area (Å²) < 4.78 is 25.6. The monoisotopic (exact) mass is 576 g/mol. The van der Waals surface area contributed by atoms with Gasteiger partial charge in [0, 0.05) is 10.7 Å². The molecule has 5 nitrogen and oxygen atoms in total. The van der Waals surface area contributed by atoms with E-state index in [-0.39, 0.29) is 5.57 Å². The maximum atomic E-state index is 13.1. The van der Waals surface area contributed by atoms with Gasteiger partial charge in [0.05, 0.1) is 10.2 Å². The fourth-order valence-electron chi connectivity index (χ4n) is 2.90. The number of nitrogens with one attached hydrogen (secondary N) is 1. The number of hydrogen-bond donors (Lipinski definition) is 1. The van der Waals surface area contributed by atoms with Gasteiger partial charge in [-0.25, -0.2) is 4.39 Å². The molecule has 0 saturated carbocycles. The lowest BCUT2D eigenvalue weighted by Crippen LogP contribution is -2.13. The van der Waals surface area contributed by atoms with Crippen LogP contribution in [0.4, 0.5) is 10.1 Å². The molecule has 0 spiro atoms. The second-order valence-electron chi connectivity index (χ2n) is 6.81. The molecule has 168 valence electrons. The fourth-order valence-corrected chi connectivity index (χ4v) is 3.90. The van der Waals surface area contributed by atoms with Gasteiger partial charge in [-0.15, -0.1) is 0 Å². The van der Waals surface area contributed by atoms with Crippen LogP contribution in [-0.4, -0.2) is 12.5 Å². The van der Waals surface area contributed by atoms with Crippen LogP contribution in [0.2, 0.25) is 5.02 Å². The average Bonchev–Trinajstić information content (AvgIpc) is 2.78. The van der Waals surface area contributed by atoms with Crippen molar-refractivity contribution in [2.75, 3.05) is 11.9 Å². The third kappa shape index (κ3) is 6.94. The van der Waals surface area contributed by atoms with Crippen molar-refractivity contribution in [2.45, 2.75) is 13.5 Å². The van der Waals surface area contributed by atoms with Gasteiger partial charge in [-0.05, 0) is 95.2 Å². The van der Waals surface area contributed by atoms with Gasteiger partial charge in [0.2, 0.25) is 0 Å². The number of amides is 1. The molecular formula is C25H19ClFIN2O3. The molecule has 3 aromatic carbocycles. The predicted molar refractivity (Wildman–Crippen MR) is 135 cm³/mol. The molecule has 0 aromatic heterocycles. The van der Waals surface area contributed by atoms with Gasteiger partial charge in [-0.2, -0.15) is 5.26 Å². The van der Waals surface area contributed by atoms with Crippen molar-refractivity contribution in [3.05, 3.63) is 91.8 Å². The van der Waals surface area contributed by atoms with Crippen molar-refractivity contribution in [3.63, 3.8) is 0 Å². The summed E-state index contributed by atoms with van der Waals surface area (Å²) in [6, 6.07) is 18.1. The molecule has 0 atom stereocenters. The first-order chi connectivity index (χ1) is 15.9. The van der Waals surface area contributed by atoms with E-state index in [0.29, 0.717) is 41.0 Å². The van der Waals surface area contributed by atoms with Crippen LogP contribution < -0.4 is 14.8 Å². The van der Waals surface area contributed by atoms with Gasteiger partial charge in [0.25, 0.3) is 5.91 Å². The Hall–Kier alpha value is -3.09. The van der Waals surface area contributed by atoms with Crippen molar-refractivity contribution in [3.8, 4) is 17.6 Å². The van der Waals surface area contributed by atoms with Crippen LogP contribution in [0, 0.1) is 20.7 Å². The molecule has 0 aliphatic carbocycles. The third-order valence-corrected chi connectivity index (χ3v) is 5.42. The summed E-state index contributed by atoms with van der Waals surface area (Å²) in [6.07, 6.45) is 1.46. The SMILES string of the molecule is CCOc1cc(/C=C(\C#N)C(=O)Nc2ccc(F)cc2)cc(I)c1OCc1cccc(Cl)c1. The highest BCUT2D eigenvalue weighted by Gasteiger charge is 2.15. The van der Waals surface area contributed by atoms with Gasteiger partial charge < -0.3 is 14.8 Å². The molecule has 0 aliphatic rings. The number of benzene rings is 3. The van der Waals surface area contributed by atoms with Crippen LogP contribution >= 0.6 is 34.2 Å². The van der Waals surface area contributed by atoms with Crippen molar-refractivity contribution >= 4 is 51.9 Å². The van der Waals surface area contributed by atoms with Gasteiger partial charge in [-0.3, -0.25) is 4.79 Å². The molecule has 0 unspecified atom stereocenters. The van der Waals surface area contributed by atoms with E-state index in [0.717, 1.165) is 9.13 Å². The number of halogens is 3. The zero-order valence-electron chi connectivity index (χ0n) is 17.6. The second-order valence-corrected chi connectivity index (χ2v) is 8.41. The van der Waals surface area contributed by atoms with Crippen LogP contribution in [0.1, 0.15) is 18.1 Å². The second kappa shape index (κ2) is 11.7. The van der Waals surface area contributed by atoms with Crippen molar-refractivity contribution in [1.82, 2.24) is 0 Å². The summed E-state index contributed by atoms with van der Waals surface area (Å²) in [4.78, 5) is 12.5. The maximum absolute atomic E-state index is 13.1. The average molecular weight is 577 g/mol. The van der Waals surface area contributed by atoms with E-state index in [4.69, 9.17) is 21.1 Å². The van der Waals surface area contributed by atoms with Crippen LogP contribution in [0.15, 0.2) is 66.2 Å². The highest BCUT2D eigenvalue weighted by atomic mass is 127. The molecule has 0 heterocycles. The molecule has 1 N–H and O–H groups in total. The first kappa shape index (κ1) is 24.6. The van der Waals surface area contributed by atoms with Gasteiger partial charge in [0.1, 0.15) is 24.1 Å². The lowest BCUT2D eigenvalue weighted by atomic mass is 10.1. The minimum Gasteiger partial charge on any atom is -0.490 e. The summed E-state index contributed by atoms with van der Waals surface area (Å²) in [6.45, 7) is 2.56. The molecule has 0 radical (unpaired) electrons. The van der Waals surface area contributed by atoms with Gasteiger partial charge in [-0.1, -0.05) is 23.7 Å². The predicted octanol–water partition coefficient (Wildman–Crippen LogP) is 6.61. The van der Waals surface area contributed by atoms with Gasteiger partial charge in [0.15, 0.2) is 11.5 Å². The topological polar surface area (TPSA) is 71.3 Å².